The van der Waals surface area contributed by atoms with Crippen molar-refractivity contribution in [2.75, 3.05) is 13.1 Å². The van der Waals surface area contributed by atoms with Crippen molar-refractivity contribution in [3.63, 3.8) is 0 Å². The fraction of sp³-hybridized carbons (Fsp3) is 0.733. The summed E-state index contributed by atoms with van der Waals surface area (Å²) in [5, 5.41) is 9.83. The molecule has 6 heteroatoms. The first-order chi connectivity index (χ1) is 9.97. The Balaban J connectivity index is 1.86. The van der Waals surface area contributed by atoms with Gasteiger partial charge >= 0.3 is 5.97 Å². The van der Waals surface area contributed by atoms with Crippen molar-refractivity contribution in [1.29, 1.82) is 0 Å². The van der Waals surface area contributed by atoms with Crippen LogP contribution in [0.25, 0.3) is 0 Å². The molecule has 1 fully saturated rings. The molecule has 116 valence electrons. The van der Waals surface area contributed by atoms with Gasteiger partial charge in [0.05, 0.1) is 11.6 Å². The van der Waals surface area contributed by atoms with Gasteiger partial charge in [-0.1, -0.05) is 11.6 Å². The number of carbonyl (C=O) groups is 1. The normalized spacial score (nSPS) is 26.3. The van der Waals surface area contributed by atoms with Gasteiger partial charge in [0.25, 0.3) is 0 Å². The van der Waals surface area contributed by atoms with Gasteiger partial charge in [0, 0.05) is 25.0 Å². The lowest BCUT2D eigenvalue weighted by atomic mass is 9.97. The highest BCUT2D eigenvalue weighted by Crippen LogP contribution is 2.34. The van der Waals surface area contributed by atoms with Crippen molar-refractivity contribution < 1.29 is 9.90 Å². The van der Waals surface area contributed by atoms with E-state index in [1.807, 2.05) is 0 Å². The largest absolute Gasteiger partial charge is 0.481 e. The van der Waals surface area contributed by atoms with E-state index in [9.17, 15) is 9.90 Å². The maximum Gasteiger partial charge on any atom is 0.308 e. The summed E-state index contributed by atoms with van der Waals surface area (Å²) >= 11 is 6.27. The van der Waals surface area contributed by atoms with Crippen molar-refractivity contribution in [2.45, 2.75) is 51.6 Å². The lowest BCUT2D eigenvalue weighted by Gasteiger charge is -2.24. The van der Waals surface area contributed by atoms with Crippen molar-refractivity contribution in [1.82, 2.24) is 14.5 Å². The molecular formula is C15H22ClN3O2. The molecule has 2 aliphatic rings. The third-order valence-corrected chi connectivity index (χ3v) is 5.15. The van der Waals surface area contributed by atoms with Crippen LogP contribution in [0.4, 0.5) is 0 Å². The number of rotatable bonds is 3. The molecule has 3 heterocycles. The number of nitrogens with zero attached hydrogens (tertiary/aromatic N) is 3. The van der Waals surface area contributed by atoms with Gasteiger partial charge in [-0.15, -0.1) is 0 Å². The maximum absolute atomic E-state index is 11.3. The minimum Gasteiger partial charge on any atom is -0.481 e. The topological polar surface area (TPSA) is 58.4 Å². The number of aromatic nitrogens is 2. The highest BCUT2D eigenvalue weighted by molar-refractivity contribution is 6.30. The monoisotopic (exact) mass is 311 g/mol. The van der Waals surface area contributed by atoms with Crippen LogP contribution in [0.2, 0.25) is 5.15 Å². The summed E-state index contributed by atoms with van der Waals surface area (Å²) in [7, 11) is 0. The van der Waals surface area contributed by atoms with Gasteiger partial charge in [0.15, 0.2) is 5.15 Å². The molecule has 0 aromatic carbocycles. The molecule has 21 heavy (non-hydrogen) atoms. The van der Waals surface area contributed by atoms with Gasteiger partial charge in [-0.25, -0.2) is 4.98 Å². The zero-order chi connectivity index (χ0) is 15.1. The van der Waals surface area contributed by atoms with Crippen molar-refractivity contribution >= 4 is 17.6 Å². The molecule has 3 rings (SSSR count). The number of fused-ring (bicyclic) bond motifs is 1. The van der Waals surface area contributed by atoms with Crippen molar-refractivity contribution in [3.05, 3.63) is 16.7 Å². The number of likely N-dealkylation sites (tertiary alicyclic amines) is 1. The smallest absolute Gasteiger partial charge is 0.308 e. The molecule has 1 aromatic heterocycles. The van der Waals surface area contributed by atoms with Crippen LogP contribution < -0.4 is 0 Å². The van der Waals surface area contributed by atoms with Crippen LogP contribution in [-0.4, -0.2) is 44.7 Å². The van der Waals surface area contributed by atoms with Crippen LogP contribution in [0.5, 0.6) is 0 Å². The highest BCUT2D eigenvalue weighted by Gasteiger charge is 2.34. The number of halogens is 1. The molecule has 0 amide bonds. The van der Waals surface area contributed by atoms with E-state index < -0.39 is 5.97 Å². The van der Waals surface area contributed by atoms with E-state index in [0.29, 0.717) is 36.5 Å². The molecule has 2 unspecified atom stereocenters. The Labute approximate surface area is 129 Å². The molecule has 1 N–H and O–H groups in total. The van der Waals surface area contributed by atoms with Crippen LogP contribution in [0.15, 0.2) is 0 Å². The summed E-state index contributed by atoms with van der Waals surface area (Å²) in [6.07, 6.45) is 2.44. The summed E-state index contributed by atoms with van der Waals surface area (Å²) < 4.78 is 2.08. The molecule has 0 aliphatic carbocycles. The lowest BCUT2D eigenvalue weighted by molar-refractivity contribution is -0.142. The number of carboxylic acid groups (broad SMARTS) is 1. The molecule has 0 radical (unpaired) electrons. The van der Waals surface area contributed by atoms with Gasteiger partial charge in [-0.3, -0.25) is 4.79 Å². The Morgan fingerprint density at radius 2 is 2.14 bits per heavy atom. The number of hydrogen-bond acceptors (Lipinski definition) is 3. The van der Waals surface area contributed by atoms with E-state index in [2.05, 4.69) is 28.3 Å². The molecule has 0 spiro atoms. The average Bonchev–Trinajstić information content (AvgIpc) is 3.03. The third-order valence-electron chi connectivity index (χ3n) is 4.85. The predicted octanol–water partition coefficient (Wildman–Crippen LogP) is 2.38. The number of aliphatic carboxylic acids is 1. The Morgan fingerprint density at radius 1 is 1.38 bits per heavy atom. The van der Waals surface area contributed by atoms with Crippen LogP contribution >= 0.6 is 11.6 Å². The van der Waals surface area contributed by atoms with Crippen LogP contribution in [0.1, 0.15) is 44.1 Å². The molecule has 2 atom stereocenters. The minimum atomic E-state index is -0.716. The van der Waals surface area contributed by atoms with Gasteiger partial charge < -0.3 is 14.6 Å². The minimum absolute atomic E-state index is 0.316. The zero-order valence-corrected chi connectivity index (χ0v) is 13.3. The van der Waals surface area contributed by atoms with Gasteiger partial charge in [0.2, 0.25) is 0 Å². The quantitative estimate of drug-likeness (QED) is 0.931. The first-order valence-corrected chi connectivity index (χ1v) is 8.06. The lowest BCUT2D eigenvalue weighted by Crippen LogP contribution is -2.30. The fourth-order valence-electron chi connectivity index (χ4n) is 3.52. The first kappa shape index (κ1) is 14.9. The number of hydrogen-bond donors (Lipinski definition) is 1. The Hall–Kier alpha value is -1.07. The van der Waals surface area contributed by atoms with E-state index >= 15 is 0 Å². The third kappa shape index (κ3) is 2.69. The molecule has 1 aromatic rings. The van der Waals surface area contributed by atoms with E-state index in [4.69, 9.17) is 11.6 Å². The molecule has 0 bridgehead atoms. The van der Waals surface area contributed by atoms with Gasteiger partial charge in [0.1, 0.15) is 5.82 Å². The van der Waals surface area contributed by atoms with Crippen LogP contribution in [0.3, 0.4) is 0 Å². The summed E-state index contributed by atoms with van der Waals surface area (Å²) in [5.41, 5.74) is 1.02. The number of imidazole rings is 1. The zero-order valence-electron chi connectivity index (χ0n) is 12.5. The predicted molar refractivity (Wildman–Crippen MR) is 80.8 cm³/mol. The standard InChI is InChI=1S/C15H22ClN3O2/c1-9(2)18-6-5-10(7-18)14-17-13(16)12-4-3-11(15(20)21)8-19(12)14/h9-11H,3-8H2,1-2H3,(H,20,21). The van der Waals surface area contributed by atoms with Gasteiger partial charge in [-0.2, -0.15) is 0 Å². The van der Waals surface area contributed by atoms with Gasteiger partial charge in [-0.05, 0) is 39.7 Å². The van der Waals surface area contributed by atoms with Crippen LogP contribution in [0, 0.1) is 5.92 Å². The fourth-order valence-corrected chi connectivity index (χ4v) is 3.80. The Bertz CT molecular complexity index is 555. The highest BCUT2D eigenvalue weighted by atomic mass is 35.5. The molecule has 0 saturated carbocycles. The van der Waals surface area contributed by atoms with E-state index in [0.717, 1.165) is 31.0 Å². The summed E-state index contributed by atoms with van der Waals surface area (Å²) in [6, 6.07) is 0.535. The SMILES string of the molecule is CC(C)N1CCC(c2nc(Cl)c3n2CC(C(=O)O)CC3)C1. The maximum atomic E-state index is 11.3. The second-order valence-corrected chi connectivity index (χ2v) is 6.82. The molecule has 1 saturated heterocycles. The summed E-state index contributed by atoms with van der Waals surface area (Å²) in [5.74, 6) is 0.325. The first-order valence-electron chi connectivity index (χ1n) is 7.69. The Morgan fingerprint density at radius 3 is 2.76 bits per heavy atom. The summed E-state index contributed by atoms with van der Waals surface area (Å²) in [4.78, 5) is 18.3. The van der Waals surface area contributed by atoms with Crippen molar-refractivity contribution in [3.8, 4) is 0 Å². The second-order valence-electron chi connectivity index (χ2n) is 6.47. The van der Waals surface area contributed by atoms with E-state index in [1.165, 1.54) is 0 Å². The van der Waals surface area contributed by atoms with Crippen LogP contribution in [-0.2, 0) is 17.8 Å². The second kappa shape index (κ2) is 5.61. The van der Waals surface area contributed by atoms with E-state index in [-0.39, 0.29) is 5.92 Å². The van der Waals surface area contributed by atoms with Crippen molar-refractivity contribution in [2.24, 2.45) is 5.92 Å². The average molecular weight is 312 g/mol. The van der Waals surface area contributed by atoms with E-state index in [1.54, 1.807) is 0 Å². The summed E-state index contributed by atoms with van der Waals surface area (Å²) in [6.45, 7) is 6.98. The molecule has 5 nitrogen and oxygen atoms in total. The number of carboxylic acids is 1. The molecule has 2 aliphatic heterocycles. The Kier molecular flexibility index (Phi) is 3.97. The molecular weight excluding hydrogens is 290 g/mol.